The molecule has 0 radical (unpaired) electrons. The van der Waals surface area contributed by atoms with Crippen LogP contribution < -0.4 is 0 Å². The van der Waals surface area contributed by atoms with Gasteiger partial charge in [-0.05, 0) is 12.8 Å². The first-order valence-corrected chi connectivity index (χ1v) is 8.44. The van der Waals surface area contributed by atoms with Crippen LogP contribution in [0.1, 0.15) is 52.4 Å². The van der Waals surface area contributed by atoms with Crippen LogP contribution in [0.15, 0.2) is 0 Å². The summed E-state index contributed by atoms with van der Waals surface area (Å²) in [7, 11) is -1.52. The fraction of sp³-hybridized carbons (Fsp3) is 1.00. The fourth-order valence-electron chi connectivity index (χ4n) is 1.53. The highest BCUT2D eigenvalue weighted by Gasteiger charge is 2.15. The van der Waals surface area contributed by atoms with Gasteiger partial charge in [0.05, 0.1) is 6.10 Å². The number of ether oxygens (including phenoxy) is 1. The van der Waals surface area contributed by atoms with E-state index in [0.29, 0.717) is 0 Å². The van der Waals surface area contributed by atoms with E-state index in [2.05, 4.69) is 13.8 Å². The van der Waals surface area contributed by atoms with Gasteiger partial charge in [-0.3, -0.25) is 9.09 Å². The SMILES string of the molecule is CCCCCC(CCC)OCOP(C)(=O)OC. The Kier molecular flexibility index (Phi) is 10.1. The van der Waals surface area contributed by atoms with E-state index in [1.54, 1.807) is 0 Å². The van der Waals surface area contributed by atoms with Crippen molar-refractivity contribution in [1.82, 2.24) is 0 Å². The minimum atomic E-state index is -2.91. The van der Waals surface area contributed by atoms with Crippen LogP contribution in [0.2, 0.25) is 0 Å². The third-order valence-electron chi connectivity index (χ3n) is 2.66. The molecule has 0 bridgehead atoms. The van der Waals surface area contributed by atoms with Crippen LogP contribution in [0.4, 0.5) is 0 Å². The molecule has 2 unspecified atom stereocenters. The maximum atomic E-state index is 11.5. The normalized spacial score (nSPS) is 16.7. The van der Waals surface area contributed by atoms with Crippen LogP contribution in [-0.4, -0.2) is 26.7 Å². The smallest absolute Gasteiger partial charge is 0.329 e. The third-order valence-corrected chi connectivity index (χ3v) is 3.90. The molecule has 0 heterocycles. The van der Waals surface area contributed by atoms with Gasteiger partial charge in [-0.25, -0.2) is 0 Å². The molecule has 0 amide bonds. The van der Waals surface area contributed by atoms with E-state index in [1.807, 2.05) is 0 Å². The van der Waals surface area contributed by atoms with Crippen molar-refractivity contribution in [3.05, 3.63) is 0 Å². The Morgan fingerprint density at radius 1 is 1.12 bits per heavy atom. The van der Waals surface area contributed by atoms with Gasteiger partial charge >= 0.3 is 7.60 Å². The van der Waals surface area contributed by atoms with Crippen molar-refractivity contribution < 1.29 is 18.3 Å². The number of hydrogen-bond donors (Lipinski definition) is 0. The lowest BCUT2D eigenvalue weighted by atomic mass is 10.1. The van der Waals surface area contributed by atoms with Gasteiger partial charge in [0, 0.05) is 13.8 Å². The van der Waals surface area contributed by atoms with Crippen molar-refractivity contribution in [1.29, 1.82) is 0 Å². The van der Waals surface area contributed by atoms with E-state index in [4.69, 9.17) is 13.8 Å². The molecule has 0 N–H and O–H groups in total. The Morgan fingerprint density at radius 2 is 1.82 bits per heavy atom. The van der Waals surface area contributed by atoms with Crippen molar-refractivity contribution in [2.24, 2.45) is 0 Å². The zero-order valence-corrected chi connectivity index (χ0v) is 12.5. The molecule has 104 valence electrons. The molecule has 4 nitrogen and oxygen atoms in total. The molecule has 0 aromatic heterocycles. The summed E-state index contributed by atoms with van der Waals surface area (Å²) >= 11 is 0. The quantitative estimate of drug-likeness (QED) is 0.319. The lowest BCUT2D eigenvalue weighted by Gasteiger charge is -2.18. The lowest BCUT2D eigenvalue weighted by Crippen LogP contribution is -2.14. The second-order valence-electron chi connectivity index (χ2n) is 4.27. The second-order valence-corrected chi connectivity index (χ2v) is 6.44. The molecule has 0 rings (SSSR count). The highest BCUT2D eigenvalue weighted by atomic mass is 31.2. The minimum Gasteiger partial charge on any atom is -0.352 e. The molecular weight excluding hydrogens is 239 g/mol. The van der Waals surface area contributed by atoms with Crippen LogP contribution in [-0.2, 0) is 18.3 Å². The third kappa shape index (κ3) is 9.78. The molecule has 0 saturated heterocycles. The van der Waals surface area contributed by atoms with E-state index < -0.39 is 7.60 Å². The lowest BCUT2D eigenvalue weighted by molar-refractivity contribution is -0.0476. The molecule has 17 heavy (non-hydrogen) atoms. The van der Waals surface area contributed by atoms with E-state index >= 15 is 0 Å². The summed E-state index contributed by atoms with van der Waals surface area (Å²) in [4.78, 5) is 0. The summed E-state index contributed by atoms with van der Waals surface area (Å²) in [5.41, 5.74) is 0. The Bertz CT molecular complexity index is 221. The molecule has 0 aliphatic rings. The molecule has 0 fully saturated rings. The van der Waals surface area contributed by atoms with Crippen LogP contribution in [0.3, 0.4) is 0 Å². The van der Waals surface area contributed by atoms with Gasteiger partial charge < -0.3 is 9.26 Å². The van der Waals surface area contributed by atoms with Gasteiger partial charge in [0.15, 0.2) is 6.79 Å². The summed E-state index contributed by atoms with van der Waals surface area (Å²) in [6, 6.07) is 0. The van der Waals surface area contributed by atoms with Gasteiger partial charge in [0.25, 0.3) is 0 Å². The number of hydrogen-bond acceptors (Lipinski definition) is 4. The first kappa shape index (κ1) is 17.1. The number of rotatable bonds is 11. The van der Waals surface area contributed by atoms with Crippen LogP contribution in [0.25, 0.3) is 0 Å². The van der Waals surface area contributed by atoms with Crippen molar-refractivity contribution in [2.45, 2.75) is 58.5 Å². The number of unbranched alkanes of at least 4 members (excludes halogenated alkanes) is 2. The van der Waals surface area contributed by atoms with Gasteiger partial charge in [0.1, 0.15) is 0 Å². The highest BCUT2D eigenvalue weighted by Crippen LogP contribution is 2.42. The van der Waals surface area contributed by atoms with Crippen molar-refractivity contribution in [3.8, 4) is 0 Å². The zero-order chi connectivity index (χ0) is 13.1. The Balaban J connectivity index is 3.79. The van der Waals surface area contributed by atoms with Crippen LogP contribution >= 0.6 is 7.60 Å². The molecule has 0 spiro atoms. The van der Waals surface area contributed by atoms with Gasteiger partial charge in [-0.2, -0.15) is 0 Å². The first-order chi connectivity index (χ1) is 8.05. The second kappa shape index (κ2) is 10.1. The molecule has 0 saturated carbocycles. The van der Waals surface area contributed by atoms with E-state index in [-0.39, 0.29) is 12.9 Å². The molecule has 2 atom stereocenters. The van der Waals surface area contributed by atoms with Crippen molar-refractivity contribution in [3.63, 3.8) is 0 Å². The van der Waals surface area contributed by atoms with Gasteiger partial charge in [0.2, 0.25) is 0 Å². The van der Waals surface area contributed by atoms with E-state index in [1.165, 1.54) is 33.0 Å². The predicted molar refractivity (Wildman–Crippen MR) is 70.4 cm³/mol. The van der Waals surface area contributed by atoms with Gasteiger partial charge in [-0.15, -0.1) is 0 Å². The van der Waals surface area contributed by atoms with E-state index in [9.17, 15) is 4.57 Å². The standard InChI is InChI=1S/C12H27O4P/c1-5-7-8-10-12(9-6-2)15-11-16-17(4,13)14-3/h12H,5-11H2,1-4H3. The largest absolute Gasteiger partial charge is 0.352 e. The first-order valence-electron chi connectivity index (χ1n) is 6.45. The van der Waals surface area contributed by atoms with Crippen LogP contribution in [0.5, 0.6) is 0 Å². The molecule has 0 aromatic rings. The maximum absolute atomic E-state index is 11.5. The highest BCUT2D eigenvalue weighted by molar-refractivity contribution is 7.52. The summed E-state index contributed by atoms with van der Waals surface area (Å²) in [5, 5.41) is 0. The van der Waals surface area contributed by atoms with Crippen molar-refractivity contribution in [2.75, 3.05) is 20.6 Å². The minimum absolute atomic E-state index is 0.0540. The molecule has 0 aliphatic heterocycles. The molecule has 5 heteroatoms. The average Bonchev–Trinajstić information content (AvgIpc) is 2.29. The average molecular weight is 266 g/mol. The predicted octanol–water partition coefficient (Wildman–Crippen LogP) is 4.20. The monoisotopic (exact) mass is 266 g/mol. The molecule has 0 aromatic carbocycles. The topological polar surface area (TPSA) is 44.8 Å². The van der Waals surface area contributed by atoms with Gasteiger partial charge in [-0.1, -0.05) is 39.5 Å². The summed E-state index contributed by atoms with van der Waals surface area (Å²) in [6.45, 7) is 5.82. The summed E-state index contributed by atoms with van der Waals surface area (Å²) < 4.78 is 26.9. The summed E-state index contributed by atoms with van der Waals surface area (Å²) in [6.07, 6.45) is 6.99. The fourth-order valence-corrected chi connectivity index (χ4v) is 1.89. The molecule has 0 aliphatic carbocycles. The molecular formula is C12H27O4P. The van der Waals surface area contributed by atoms with Crippen LogP contribution in [0, 0.1) is 0 Å². The summed E-state index contributed by atoms with van der Waals surface area (Å²) in [5.74, 6) is 0. The Morgan fingerprint density at radius 3 is 2.35 bits per heavy atom. The zero-order valence-electron chi connectivity index (χ0n) is 11.6. The Labute approximate surface area is 106 Å². The van der Waals surface area contributed by atoms with Crippen molar-refractivity contribution >= 4 is 7.60 Å². The maximum Gasteiger partial charge on any atom is 0.329 e. The Hall–Kier alpha value is 0.110. The van der Waals surface area contributed by atoms with E-state index in [0.717, 1.165) is 19.3 Å².